The number of amidine groups is 1. The Morgan fingerprint density at radius 1 is 1.20 bits per heavy atom. The van der Waals surface area contributed by atoms with Gasteiger partial charge in [0, 0.05) is 11.8 Å². The van der Waals surface area contributed by atoms with Crippen molar-refractivity contribution in [2.75, 3.05) is 20.3 Å². The first-order chi connectivity index (χ1) is 14.5. The van der Waals surface area contributed by atoms with Gasteiger partial charge in [-0.25, -0.2) is 14.9 Å². The van der Waals surface area contributed by atoms with Crippen LogP contribution in [0.3, 0.4) is 0 Å². The average molecular weight is 410 g/mol. The summed E-state index contributed by atoms with van der Waals surface area (Å²) in [5, 5.41) is 0. The number of hydrogen-bond donors (Lipinski definition) is 1. The lowest BCUT2D eigenvalue weighted by atomic mass is 10.1. The Morgan fingerprint density at radius 3 is 2.80 bits per heavy atom. The molecule has 0 aliphatic carbocycles. The predicted molar refractivity (Wildman–Crippen MR) is 111 cm³/mol. The van der Waals surface area contributed by atoms with Gasteiger partial charge in [-0.15, -0.1) is 0 Å². The summed E-state index contributed by atoms with van der Waals surface area (Å²) in [4.78, 5) is 14.5. The average Bonchev–Trinajstić information content (AvgIpc) is 3.19. The van der Waals surface area contributed by atoms with Gasteiger partial charge >= 0.3 is 0 Å². The normalized spacial score (nSPS) is 16.0. The summed E-state index contributed by atoms with van der Waals surface area (Å²) in [5.74, 6) is 1.63. The zero-order chi connectivity index (χ0) is 21.1. The van der Waals surface area contributed by atoms with Crippen molar-refractivity contribution >= 4 is 5.84 Å². The quantitative estimate of drug-likeness (QED) is 0.675. The van der Waals surface area contributed by atoms with E-state index in [9.17, 15) is 4.39 Å². The van der Waals surface area contributed by atoms with Crippen LogP contribution < -0.4 is 15.0 Å². The van der Waals surface area contributed by atoms with Crippen molar-refractivity contribution in [1.29, 1.82) is 0 Å². The molecule has 0 unspecified atom stereocenters. The van der Waals surface area contributed by atoms with E-state index in [1.165, 1.54) is 12.1 Å². The van der Waals surface area contributed by atoms with Crippen molar-refractivity contribution < 1.29 is 18.7 Å². The summed E-state index contributed by atoms with van der Waals surface area (Å²) in [5.41, 5.74) is 6.24. The zero-order valence-corrected chi connectivity index (χ0v) is 17.1. The second kappa shape index (κ2) is 8.54. The van der Waals surface area contributed by atoms with Crippen LogP contribution in [0.1, 0.15) is 16.8 Å². The zero-order valence-electron chi connectivity index (χ0n) is 17.1. The van der Waals surface area contributed by atoms with Crippen LogP contribution in [0, 0.1) is 19.7 Å². The van der Waals surface area contributed by atoms with Gasteiger partial charge in [0.15, 0.2) is 5.84 Å². The highest BCUT2D eigenvalue weighted by atomic mass is 19.1. The highest BCUT2D eigenvalue weighted by Gasteiger charge is 2.19. The molecule has 0 bridgehead atoms. The Bertz CT molecular complexity index is 1080. The van der Waals surface area contributed by atoms with Crippen molar-refractivity contribution in [3.05, 3.63) is 71.6 Å². The van der Waals surface area contributed by atoms with E-state index in [0.29, 0.717) is 30.5 Å². The van der Waals surface area contributed by atoms with E-state index >= 15 is 0 Å². The van der Waals surface area contributed by atoms with Crippen molar-refractivity contribution in [3.8, 4) is 17.2 Å². The first kappa shape index (κ1) is 19.9. The van der Waals surface area contributed by atoms with Gasteiger partial charge in [0.05, 0.1) is 24.8 Å². The molecule has 8 heteroatoms. The van der Waals surface area contributed by atoms with Gasteiger partial charge in [-0.2, -0.15) is 0 Å². The Kier molecular flexibility index (Phi) is 5.67. The third kappa shape index (κ3) is 4.28. The number of aryl methyl sites for hydroxylation is 2. The van der Waals surface area contributed by atoms with Crippen LogP contribution in [-0.2, 0) is 4.84 Å². The molecule has 0 amide bonds. The lowest BCUT2D eigenvalue weighted by molar-refractivity contribution is 0.0513. The van der Waals surface area contributed by atoms with Gasteiger partial charge in [0.1, 0.15) is 36.6 Å². The van der Waals surface area contributed by atoms with Crippen LogP contribution in [0.15, 0.2) is 53.9 Å². The van der Waals surface area contributed by atoms with Crippen LogP contribution in [0.25, 0.3) is 5.69 Å². The highest BCUT2D eigenvalue weighted by Crippen LogP contribution is 2.25. The topological polar surface area (TPSA) is 69.9 Å². The lowest BCUT2D eigenvalue weighted by Gasteiger charge is -2.23. The SMILES string of the molecule is COc1cc(C2=N[C@@H](COc3ccc(F)cc3C)CON2)ccc1-n1cnc(C)c1. The summed E-state index contributed by atoms with van der Waals surface area (Å²) in [6.07, 6.45) is 3.68. The number of aliphatic imine (C=N–C) groups is 1. The molecule has 2 aromatic carbocycles. The molecule has 0 saturated carbocycles. The molecule has 2 heterocycles. The van der Waals surface area contributed by atoms with E-state index in [1.807, 2.05) is 42.8 Å². The molecule has 1 aromatic heterocycles. The molecule has 1 N–H and O–H groups in total. The number of imidazole rings is 1. The Morgan fingerprint density at radius 2 is 2.07 bits per heavy atom. The number of ether oxygens (including phenoxy) is 2. The number of rotatable bonds is 6. The number of hydrogen-bond acceptors (Lipinski definition) is 6. The van der Waals surface area contributed by atoms with E-state index in [2.05, 4.69) is 10.5 Å². The number of methoxy groups -OCH3 is 1. The maximum absolute atomic E-state index is 13.3. The molecular formula is C22H23FN4O3. The molecule has 7 nitrogen and oxygen atoms in total. The van der Waals surface area contributed by atoms with Gasteiger partial charge in [-0.1, -0.05) is 0 Å². The fourth-order valence-corrected chi connectivity index (χ4v) is 3.22. The molecule has 30 heavy (non-hydrogen) atoms. The van der Waals surface area contributed by atoms with Crippen LogP contribution in [0.4, 0.5) is 4.39 Å². The summed E-state index contributed by atoms with van der Waals surface area (Å²) in [6, 6.07) is 10.0. The fraction of sp³-hybridized carbons (Fsp3) is 0.273. The largest absolute Gasteiger partial charge is 0.495 e. The summed E-state index contributed by atoms with van der Waals surface area (Å²) in [7, 11) is 1.63. The lowest BCUT2D eigenvalue weighted by Crippen LogP contribution is -2.38. The highest BCUT2D eigenvalue weighted by molar-refractivity contribution is 5.99. The van der Waals surface area contributed by atoms with Crippen molar-refractivity contribution in [2.45, 2.75) is 19.9 Å². The van der Waals surface area contributed by atoms with Gasteiger partial charge in [-0.05, 0) is 55.8 Å². The molecule has 1 aliphatic rings. The van der Waals surface area contributed by atoms with E-state index in [4.69, 9.17) is 19.3 Å². The van der Waals surface area contributed by atoms with Crippen LogP contribution in [0.5, 0.6) is 11.5 Å². The van der Waals surface area contributed by atoms with Gasteiger partial charge < -0.3 is 14.0 Å². The van der Waals surface area contributed by atoms with Crippen LogP contribution in [-0.4, -0.2) is 41.8 Å². The van der Waals surface area contributed by atoms with Gasteiger partial charge in [-0.3, -0.25) is 9.83 Å². The van der Waals surface area contributed by atoms with E-state index in [-0.39, 0.29) is 11.9 Å². The minimum absolute atomic E-state index is 0.201. The van der Waals surface area contributed by atoms with E-state index < -0.39 is 0 Å². The fourth-order valence-electron chi connectivity index (χ4n) is 3.22. The summed E-state index contributed by atoms with van der Waals surface area (Å²) < 4.78 is 26.6. The Hall–Kier alpha value is -3.39. The number of benzene rings is 2. The van der Waals surface area contributed by atoms with Crippen LogP contribution in [0.2, 0.25) is 0 Å². The number of nitrogens with one attached hydrogen (secondary N) is 1. The maximum atomic E-state index is 13.3. The number of halogens is 1. The minimum Gasteiger partial charge on any atom is -0.495 e. The molecule has 0 saturated heterocycles. The summed E-state index contributed by atoms with van der Waals surface area (Å²) >= 11 is 0. The van der Waals surface area contributed by atoms with Gasteiger partial charge in [0.2, 0.25) is 0 Å². The van der Waals surface area contributed by atoms with Crippen molar-refractivity contribution in [1.82, 2.24) is 15.0 Å². The first-order valence-corrected chi connectivity index (χ1v) is 9.57. The molecular weight excluding hydrogens is 387 g/mol. The van der Waals surface area contributed by atoms with Gasteiger partial charge in [0.25, 0.3) is 0 Å². The monoisotopic (exact) mass is 410 g/mol. The molecule has 1 atom stereocenters. The molecule has 0 spiro atoms. The number of hydroxylamine groups is 1. The van der Waals surface area contributed by atoms with E-state index in [0.717, 1.165) is 22.5 Å². The molecule has 4 rings (SSSR count). The molecule has 156 valence electrons. The standard InChI is InChI=1S/C22H23FN4O3/c1-14-8-17(23)5-7-20(14)29-11-18-12-30-26-22(25-18)16-4-6-19(21(9-16)28-3)27-10-15(2)24-13-27/h4-10,13,18H,11-12H2,1-3H3,(H,25,26)/t18-/m0/s1. The Balaban J connectivity index is 1.52. The van der Waals surface area contributed by atoms with E-state index in [1.54, 1.807) is 19.5 Å². The minimum atomic E-state index is -0.284. The second-order valence-corrected chi connectivity index (χ2v) is 7.07. The molecule has 1 aliphatic heterocycles. The maximum Gasteiger partial charge on any atom is 0.153 e. The molecule has 0 radical (unpaired) electrons. The number of aromatic nitrogens is 2. The number of nitrogens with zero attached hydrogens (tertiary/aromatic N) is 3. The third-order valence-electron chi connectivity index (χ3n) is 4.77. The second-order valence-electron chi connectivity index (χ2n) is 7.07. The third-order valence-corrected chi connectivity index (χ3v) is 4.77. The first-order valence-electron chi connectivity index (χ1n) is 9.57. The smallest absolute Gasteiger partial charge is 0.153 e. The van der Waals surface area contributed by atoms with Crippen molar-refractivity contribution in [3.63, 3.8) is 0 Å². The summed E-state index contributed by atoms with van der Waals surface area (Å²) in [6.45, 7) is 4.43. The van der Waals surface area contributed by atoms with Crippen LogP contribution >= 0.6 is 0 Å². The Labute approximate surface area is 174 Å². The predicted octanol–water partition coefficient (Wildman–Crippen LogP) is 3.37. The molecule has 3 aromatic rings. The van der Waals surface area contributed by atoms with Crippen molar-refractivity contribution in [2.24, 2.45) is 4.99 Å². The molecule has 0 fully saturated rings.